The fourth-order valence-corrected chi connectivity index (χ4v) is 2.61. The Kier molecular flexibility index (Phi) is 5.71. The van der Waals surface area contributed by atoms with Gasteiger partial charge < -0.3 is 20.1 Å². The molecular formula is C17H17F3N2O4. The van der Waals surface area contributed by atoms with Gasteiger partial charge in [-0.2, -0.15) is 0 Å². The van der Waals surface area contributed by atoms with Gasteiger partial charge in [0, 0.05) is 11.3 Å². The Labute approximate surface area is 147 Å². The molecule has 0 aliphatic rings. The Morgan fingerprint density at radius 1 is 1.23 bits per heavy atom. The first-order valence-electron chi connectivity index (χ1n) is 7.61. The molecule has 1 aromatic carbocycles. The van der Waals surface area contributed by atoms with Crippen LogP contribution in [0.1, 0.15) is 40.3 Å². The quantitative estimate of drug-likeness (QED) is 0.558. The Morgan fingerprint density at radius 3 is 2.46 bits per heavy atom. The summed E-state index contributed by atoms with van der Waals surface area (Å²) in [4.78, 5) is 26.6. The molecule has 2 rings (SSSR count). The molecule has 0 saturated carbocycles. The van der Waals surface area contributed by atoms with Crippen LogP contribution in [0.5, 0.6) is 0 Å². The Hall–Kier alpha value is -2.81. The van der Waals surface area contributed by atoms with Crippen molar-refractivity contribution in [2.24, 2.45) is 0 Å². The summed E-state index contributed by atoms with van der Waals surface area (Å²) in [5.41, 5.74) is 1.11. The molecule has 26 heavy (non-hydrogen) atoms. The van der Waals surface area contributed by atoms with Crippen LogP contribution in [0, 0.1) is 31.3 Å². The molecule has 0 bridgehead atoms. The maximum Gasteiger partial charge on any atom is 0.355 e. The molecule has 0 aliphatic heterocycles. The van der Waals surface area contributed by atoms with Crippen molar-refractivity contribution < 1.29 is 32.6 Å². The van der Waals surface area contributed by atoms with E-state index >= 15 is 0 Å². The van der Waals surface area contributed by atoms with E-state index in [1.54, 1.807) is 20.8 Å². The van der Waals surface area contributed by atoms with Crippen molar-refractivity contribution in [3.05, 3.63) is 52.1 Å². The molecule has 9 heteroatoms. The Morgan fingerprint density at radius 2 is 1.88 bits per heavy atom. The maximum atomic E-state index is 13.5. The van der Waals surface area contributed by atoms with E-state index in [0.717, 1.165) is 6.07 Å². The average molecular weight is 370 g/mol. The highest BCUT2D eigenvalue weighted by molar-refractivity contribution is 5.95. The van der Waals surface area contributed by atoms with Crippen LogP contribution in [0.2, 0.25) is 0 Å². The molecule has 6 nitrogen and oxygen atoms in total. The summed E-state index contributed by atoms with van der Waals surface area (Å²) in [6.07, 6.45) is -0.799. The molecular weight excluding hydrogens is 353 g/mol. The van der Waals surface area contributed by atoms with Crippen LogP contribution in [0.25, 0.3) is 0 Å². The molecule has 0 unspecified atom stereocenters. The summed E-state index contributed by atoms with van der Waals surface area (Å²) in [5.74, 6) is -6.44. The third-order valence-corrected chi connectivity index (χ3v) is 3.76. The van der Waals surface area contributed by atoms with E-state index in [2.05, 4.69) is 4.98 Å². The SMILES string of the molecule is Cc1[nH]c(C(=O)OCC(=O)Nc2ccc(F)c(F)c2F)c(C)c1[C@@H](C)O. The highest BCUT2D eigenvalue weighted by Gasteiger charge is 2.22. The molecule has 0 spiro atoms. The minimum Gasteiger partial charge on any atom is -0.451 e. The molecule has 0 aliphatic carbocycles. The lowest BCUT2D eigenvalue weighted by atomic mass is 10.1. The standard InChI is InChI=1S/C17H17F3N2O4/c1-7-13(9(3)23)8(2)21-16(7)17(25)26-6-12(24)22-11-5-4-10(18)14(19)15(11)20/h4-5,9,21,23H,6H2,1-3H3,(H,22,24)/t9-/m1/s1. The zero-order chi connectivity index (χ0) is 19.6. The van der Waals surface area contributed by atoms with Gasteiger partial charge >= 0.3 is 5.97 Å². The van der Waals surface area contributed by atoms with Gasteiger partial charge in [0.05, 0.1) is 11.8 Å². The molecule has 1 atom stereocenters. The van der Waals surface area contributed by atoms with E-state index in [-0.39, 0.29) is 5.69 Å². The molecule has 3 N–H and O–H groups in total. The number of hydrogen-bond acceptors (Lipinski definition) is 4. The molecule has 140 valence electrons. The van der Waals surface area contributed by atoms with Crippen molar-refractivity contribution in [1.29, 1.82) is 0 Å². The van der Waals surface area contributed by atoms with Gasteiger partial charge in [0.1, 0.15) is 5.69 Å². The summed E-state index contributed by atoms with van der Waals surface area (Å²) >= 11 is 0. The number of aliphatic hydroxyl groups is 1. The van der Waals surface area contributed by atoms with Crippen LogP contribution in [0.4, 0.5) is 18.9 Å². The van der Waals surface area contributed by atoms with Gasteiger partial charge in [0.25, 0.3) is 5.91 Å². The van der Waals surface area contributed by atoms with Crippen LogP contribution in [-0.2, 0) is 9.53 Å². The van der Waals surface area contributed by atoms with Gasteiger partial charge in [0.2, 0.25) is 0 Å². The van der Waals surface area contributed by atoms with Crippen LogP contribution >= 0.6 is 0 Å². The number of aromatic nitrogens is 1. The number of halogens is 3. The van der Waals surface area contributed by atoms with Crippen LogP contribution in [0.15, 0.2) is 12.1 Å². The smallest absolute Gasteiger partial charge is 0.355 e. The highest BCUT2D eigenvalue weighted by Crippen LogP contribution is 2.25. The number of nitrogens with one attached hydrogen (secondary N) is 2. The zero-order valence-corrected chi connectivity index (χ0v) is 14.2. The lowest BCUT2D eigenvalue weighted by Crippen LogP contribution is -2.22. The van der Waals surface area contributed by atoms with Gasteiger partial charge in [-0.1, -0.05) is 0 Å². The molecule has 1 aromatic heterocycles. The van der Waals surface area contributed by atoms with E-state index in [0.29, 0.717) is 22.9 Å². The number of benzene rings is 1. The number of carbonyl (C=O) groups excluding carboxylic acids is 2. The van der Waals surface area contributed by atoms with Crippen molar-refractivity contribution in [3.63, 3.8) is 0 Å². The summed E-state index contributed by atoms with van der Waals surface area (Å²) in [5, 5.41) is 11.7. The van der Waals surface area contributed by atoms with Gasteiger partial charge in [0.15, 0.2) is 24.1 Å². The van der Waals surface area contributed by atoms with Crippen LogP contribution < -0.4 is 5.32 Å². The van der Waals surface area contributed by atoms with E-state index < -0.39 is 47.7 Å². The lowest BCUT2D eigenvalue weighted by molar-refractivity contribution is -0.119. The topological polar surface area (TPSA) is 91.4 Å². The number of H-pyrrole nitrogens is 1. The first kappa shape index (κ1) is 19.5. The lowest BCUT2D eigenvalue weighted by Gasteiger charge is -2.08. The predicted molar refractivity (Wildman–Crippen MR) is 86.1 cm³/mol. The van der Waals surface area contributed by atoms with Crippen molar-refractivity contribution in [2.45, 2.75) is 26.9 Å². The Bertz CT molecular complexity index is 862. The predicted octanol–water partition coefficient (Wildman–Crippen LogP) is 2.90. The largest absolute Gasteiger partial charge is 0.451 e. The third-order valence-electron chi connectivity index (χ3n) is 3.76. The summed E-state index contributed by atoms with van der Waals surface area (Å²) < 4.78 is 44.3. The average Bonchev–Trinajstić information content (AvgIpc) is 2.88. The van der Waals surface area contributed by atoms with Crippen molar-refractivity contribution in [3.8, 4) is 0 Å². The van der Waals surface area contributed by atoms with E-state index in [9.17, 15) is 27.9 Å². The second kappa shape index (κ2) is 7.61. The van der Waals surface area contributed by atoms with E-state index in [1.165, 1.54) is 0 Å². The summed E-state index contributed by atoms with van der Waals surface area (Å²) in [7, 11) is 0. The molecule has 0 radical (unpaired) electrons. The van der Waals surface area contributed by atoms with Gasteiger partial charge in [-0.15, -0.1) is 0 Å². The van der Waals surface area contributed by atoms with Crippen molar-refractivity contribution in [2.75, 3.05) is 11.9 Å². The number of amides is 1. The highest BCUT2D eigenvalue weighted by atomic mass is 19.2. The van der Waals surface area contributed by atoms with E-state index in [4.69, 9.17) is 4.74 Å². The first-order valence-corrected chi connectivity index (χ1v) is 7.61. The third kappa shape index (κ3) is 3.88. The van der Waals surface area contributed by atoms with Crippen molar-refractivity contribution in [1.82, 2.24) is 4.98 Å². The number of hydrogen-bond donors (Lipinski definition) is 3. The molecule has 1 heterocycles. The summed E-state index contributed by atoms with van der Waals surface area (Å²) in [6.45, 7) is 4.06. The van der Waals surface area contributed by atoms with Gasteiger partial charge in [-0.25, -0.2) is 18.0 Å². The molecule has 2 aromatic rings. The van der Waals surface area contributed by atoms with Crippen LogP contribution in [0.3, 0.4) is 0 Å². The number of rotatable bonds is 5. The number of anilines is 1. The summed E-state index contributed by atoms with van der Waals surface area (Å²) in [6, 6.07) is 1.50. The number of aliphatic hydroxyl groups excluding tert-OH is 1. The van der Waals surface area contributed by atoms with Crippen molar-refractivity contribution >= 4 is 17.6 Å². The molecule has 0 fully saturated rings. The second-order valence-corrected chi connectivity index (χ2v) is 5.69. The molecule has 0 saturated heterocycles. The fraction of sp³-hybridized carbons (Fsp3) is 0.294. The van der Waals surface area contributed by atoms with Gasteiger partial charge in [-0.3, -0.25) is 4.79 Å². The number of aromatic amines is 1. The fourth-order valence-electron chi connectivity index (χ4n) is 2.61. The second-order valence-electron chi connectivity index (χ2n) is 5.69. The zero-order valence-electron chi connectivity index (χ0n) is 14.2. The number of esters is 1. The van der Waals surface area contributed by atoms with E-state index in [1.807, 2.05) is 5.32 Å². The van der Waals surface area contributed by atoms with Crippen LogP contribution in [-0.4, -0.2) is 28.6 Å². The Balaban J connectivity index is 2.03. The monoisotopic (exact) mass is 370 g/mol. The maximum absolute atomic E-state index is 13.5. The minimum atomic E-state index is -1.72. The first-order chi connectivity index (χ1) is 12.1. The normalized spacial score (nSPS) is 12.0. The number of ether oxygens (including phenoxy) is 1. The number of carbonyl (C=O) groups is 2. The minimum absolute atomic E-state index is 0.0743. The number of aryl methyl sites for hydroxylation is 1. The van der Waals surface area contributed by atoms with Gasteiger partial charge in [-0.05, 0) is 38.5 Å². The molecule has 1 amide bonds.